The van der Waals surface area contributed by atoms with Crippen molar-refractivity contribution in [2.24, 2.45) is 17.8 Å². The number of alkyl halides is 1. The minimum Gasteiger partial charge on any atom is -0.399 e. The zero-order valence-corrected chi connectivity index (χ0v) is 21.6. The number of benzene rings is 2. The van der Waals surface area contributed by atoms with Gasteiger partial charge in [0.15, 0.2) is 0 Å². The van der Waals surface area contributed by atoms with Gasteiger partial charge in [0.05, 0.1) is 5.92 Å². The van der Waals surface area contributed by atoms with E-state index in [9.17, 15) is 4.79 Å². The van der Waals surface area contributed by atoms with Crippen LogP contribution in [0.5, 0.6) is 0 Å². The molecule has 0 bridgehead atoms. The molecule has 0 aromatic heterocycles. The molecule has 3 unspecified atom stereocenters. The van der Waals surface area contributed by atoms with Gasteiger partial charge in [0.25, 0.3) is 0 Å². The fourth-order valence-corrected chi connectivity index (χ4v) is 6.68. The van der Waals surface area contributed by atoms with Crippen LogP contribution in [-0.2, 0) is 24.3 Å². The van der Waals surface area contributed by atoms with Gasteiger partial charge in [-0.05, 0) is 91.4 Å². The molecule has 1 aliphatic carbocycles. The Morgan fingerprint density at radius 3 is 2.26 bits per heavy atom. The molecular formula is C30H38ClN3O. The molecule has 4 nitrogen and oxygen atoms in total. The standard InChI is InChI=1S/C30H38ClN3O/c1-2-21-3-5-24(6-4-21)19-34-20-26-16-25(17-28(31)29(26)30(34)35)15-22-11-13-33(14-12-22)18-23-7-9-27(32)10-8-23/h3-10,16,22,25,28-29H,2,11-15,17-20,32H2,1H3. The number of fused-ring (bicyclic) bond motifs is 1. The van der Waals surface area contributed by atoms with Crippen LogP contribution in [0.15, 0.2) is 60.2 Å². The highest BCUT2D eigenvalue weighted by molar-refractivity contribution is 6.22. The van der Waals surface area contributed by atoms with E-state index in [0.29, 0.717) is 12.5 Å². The quantitative estimate of drug-likeness (QED) is 0.309. The first-order valence-corrected chi connectivity index (χ1v) is 13.7. The predicted octanol–water partition coefficient (Wildman–Crippen LogP) is 5.65. The van der Waals surface area contributed by atoms with Crippen molar-refractivity contribution in [2.45, 2.75) is 57.5 Å². The van der Waals surface area contributed by atoms with Crippen LogP contribution in [0.3, 0.4) is 0 Å². The van der Waals surface area contributed by atoms with Crippen molar-refractivity contribution in [3.63, 3.8) is 0 Å². The Morgan fingerprint density at radius 1 is 0.943 bits per heavy atom. The highest BCUT2D eigenvalue weighted by atomic mass is 35.5. The Hall–Kier alpha value is -2.30. The molecule has 0 saturated carbocycles. The Bertz CT molecular complexity index is 1040. The van der Waals surface area contributed by atoms with Gasteiger partial charge in [0.2, 0.25) is 5.91 Å². The van der Waals surface area contributed by atoms with Crippen LogP contribution in [0.1, 0.15) is 49.3 Å². The Morgan fingerprint density at radius 2 is 1.57 bits per heavy atom. The second-order valence-electron chi connectivity index (χ2n) is 10.8. The third-order valence-electron chi connectivity index (χ3n) is 8.22. The minimum atomic E-state index is -0.121. The summed E-state index contributed by atoms with van der Waals surface area (Å²) < 4.78 is 0. The Kier molecular flexibility index (Phi) is 7.50. The third kappa shape index (κ3) is 5.76. The van der Waals surface area contributed by atoms with Crippen LogP contribution in [0.25, 0.3) is 0 Å². The second kappa shape index (κ2) is 10.8. The zero-order chi connectivity index (χ0) is 24.4. The van der Waals surface area contributed by atoms with E-state index in [2.05, 4.69) is 54.3 Å². The summed E-state index contributed by atoms with van der Waals surface area (Å²) in [7, 11) is 0. The fraction of sp³-hybridized carbons (Fsp3) is 0.500. The first-order valence-electron chi connectivity index (χ1n) is 13.3. The molecule has 2 aliphatic heterocycles. The van der Waals surface area contributed by atoms with Crippen molar-refractivity contribution in [2.75, 3.05) is 25.4 Å². The molecule has 2 aromatic carbocycles. The van der Waals surface area contributed by atoms with E-state index in [1.54, 1.807) is 0 Å². The lowest BCUT2D eigenvalue weighted by Gasteiger charge is -2.35. The van der Waals surface area contributed by atoms with Crippen LogP contribution in [0.4, 0.5) is 5.69 Å². The monoisotopic (exact) mass is 491 g/mol. The number of hydrogen-bond acceptors (Lipinski definition) is 3. The van der Waals surface area contributed by atoms with Crippen LogP contribution in [0.2, 0.25) is 0 Å². The molecule has 2 aromatic rings. The maximum Gasteiger partial charge on any atom is 0.231 e. The maximum atomic E-state index is 13.2. The summed E-state index contributed by atoms with van der Waals surface area (Å²) in [5.74, 6) is 1.33. The number of hydrogen-bond donors (Lipinski definition) is 1. The van der Waals surface area contributed by atoms with Gasteiger partial charge in [-0.25, -0.2) is 0 Å². The highest BCUT2D eigenvalue weighted by Crippen LogP contribution is 2.41. The van der Waals surface area contributed by atoms with Crippen LogP contribution in [0, 0.1) is 17.8 Å². The number of aryl methyl sites for hydroxylation is 1. The summed E-state index contributed by atoms with van der Waals surface area (Å²) >= 11 is 6.85. The van der Waals surface area contributed by atoms with Gasteiger partial charge in [0, 0.05) is 30.7 Å². The maximum absolute atomic E-state index is 13.2. The van der Waals surface area contributed by atoms with Gasteiger partial charge in [0.1, 0.15) is 0 Å². The molecule has 2 N–H and O–H groups in total. The number of carbonyl (C=O) groups is 1. The van der Waals surface area contributed by atoms with Crippen molar-refractivity contribution in [3.05, 3.63) is 76.9 Å². The lowest BCUT2D eigenvalue weighted by Crippen LogP contribution is -2.35. The normalized spacial score (nSPS) is 25.5. The Balaban J connectivity index is 1.15. The topological polar surface area (TPSA) is 49.6 Å². The summed E-state index contributed by atoms with van der Waals surface area (Å²) in [5.41, 5.74) is 11.8. The molecule has 3 aliphatic rings. The second-order valence-corrected chi connectivity index (χ2v) is 11.4. The van der Waals surface area contributed by atoms with Crippen LogP contribution >= 0.6 is 11.6 Å². The van der Waals surface area contributed by atoms with Gasteiger partial charge >= 0.3 is 0 Å². The number of likely N-dealkylation sites (tertiary alicyclic amines) is 2. The smallest absolute Gasteiger partial charge is 0.231 e. The molecule has 0 spiro atoms. The van der Waals surface area contributed by atoms with Crippen molar-refractivity contribution in [3.8, 4) is 0 Å². The lowest BCUT2D eigenvalue weighted by atomic mass is 9.77. The number of carbonyl (C=O) groups excluding carboxylic acids is 1. The molecule has 2 saturated heterocycles. The van der Waals surface area contributed by atoms with Crippen molar-refractivity contribution < 1.29 is 4.79 Å². The first kappa shape index (κ1) is 24.4. The van der Waals surface area contributed by atoms with E-state index in [0.717, 1.165) is 50.6 Å². The predicted molar refractivity (Wildman–Crippen MR) is 144 cm³/mol. The highest BCUT2D eigenvalue weighted by Gasteiger charge is 2.43. The fourth-order valence-electron chi connectivity index (χ4n) is 6.18. The third-order valence-corrected chi connectivity index (χ3v) is 8.65. The number of piperidine rings is 1. The Labute approximate surface area is 215 Å². The average molecular weight is 492 g/mol. The number of allylic oxidation sites excluding steroid dienone is 1. The number of nitrogens with two attached hydrogens (primary N) is 1. The van der Waals surface area contributed by atoms with Crippen LogP contribution in [-0.4, -0.2) is 40.7 Å². The molecule has 2 fully saturated rings. The SMILES string of the molecule is CCc1ccc(CN2CC3=CC(CC4CCN(Cc5ccc(N)cc5)CC4)CC(Cl)C3C2=O)cc1. The van der Waals surface area contributed by atoms with E-state index in [1.807, 2.05) is 17.0 Å². The molecule has 3 atom stereocenters. The lowest BCUT2D eigenvalue weighted by molar-refractivity contribution is -0.131. The molecule has 5 heteroatoms. The first-order chi connectivity index (χ1) is 17.0. The van der Waals surface area contributed by atoms with E-state index >= 15 is 0 Å². The molecule has 35 heavy (non-hydrogen) atoms. The van der Waals surface area contributed by atoms with E-state index in [1.165, 1.54) is 41.5 Å². The number of rotatable bonds is 7. The van der Waals surface area contributed by atoms with Crippen molar-refractivity contribution in [1.29, 1.82) is 0 Å². The van der Waals surface area contributed by atoms with Crippen molar-refractivity contribution in [1.82, 2.24) is 9.80 Å². The van der Waals surface area contributed by atoms with Gasteiger partial charge in [-0.1, -0.05) is 49.4 Å². The molecule has 2 heterocycles. The van der Waals surface area contributed by atoms with E-state index in [4.69, 9.17) is 17.3 Å². The van der Waals surface area contributed by atoms with Crippen molar-refractivity contribution >= 4 is 23.2 Å². The number of nitrogens with zero attached hydrogens (tertiary/aromatic N) is 2. The molecule has 0 radical (unpaired) electrons. The van der Waals surface area contributed by atoms with Gasteiger partial charge in [-0.15, -0.1) is 11.6 Å². The van der Waals surface area contributed by atoms with Gasteiger partial charge in [-0.2, -0.15) is 0 Å². The minimum absolute atomic E-state index is 0.0782. The average Bonchev–Trinajstić information content (AvgIpc) is 3.17. The number of halogens is 1. The summed E-state index contributed by atoms with van der Waals surface area (Å²) in [6.45, 7) is 6.88. The number of amides is 1. The van der Waals surface area contributed by atoms with Gasteiger partial charge in [-0.3, -0.25) is 9.69 Å². The summed E-state index contributed by atoms with van der Waals surface area (Å²) in [4.78, 5) is 17.7. The largest absolute Gasteiger partial charge is 0.399 e. The zero-order valence-electron chi connectivity index (χ0n) is 20.8. The molecule has 186 valence electrons. The molecule has 5 rings (SSSR count). The van der Waals surface area contributed by atoms with E-state index < -0.39 is 0 Å². The number of nitrogen functional groups attached to an aromatic ring is 1. The van der Waals surface area contributed by atoms with Gasteiger partial charge < -0.3 is 10.6 Å². The summed E-state index contributed by atoms with van der Waals surface area (Å²) in [5, 5.41) is -0.0782. The number of anilines is 1. The molecule has 1 amide bonds. The molecular weight excluding hydrogens is 454 g/mol. The summed E-state index contributed by atoms with van der Waals surface area (Å²) in [6, 6.07) is 16.9. The van der Waals surface area contributed by atoms with E-state index in [-0.39, 0.29) is 17.2 Å². The van der Waals surface area contributed by atoms with Crippen LogP contribution < -0.4 is 5.73 Å². The summed E-state index contributed by atoms with van der Waals surface area (Å²) in [6.07, 6.45) is 8.05.